The maximum Gasteiger partial charge on any atom is 0.258 e. The van der Waals surface area contributed by atoms with Crippen LogP contribution in [0.5, 0.6) is 0 Å². The Morgan fingerprint density at radius 2 is 1.62 bits per heavy atom. The number of hydrogen-bond acceptors (Lipinski definition) is 4. The molecule has 0 bridgehead atoms. The summed E-state index contributed by atoms with van der Waals surface area (Å²) in [5.74, 6) is -1.07. The minimum absolute atomic E-state index is 0.00604. The number of halogens is 1. The normalized spacial score (nSPS) is 15.7. The molecule has 2 aromatic carbocycles. The lowest BCUT2D eigenvalue weighted by Gasteiger charge is -2.34. The van der Waals surface area contributed by atoms with Crippen molar-refractivity contribution in [2.75, 3.05) is 42.7 Å². The van der Waals surface area contributed by atoms with Crippen LogP contribution in [0.25, 0.3) is 0 Å². The summed E-state index contributed by atoms with van der Waals surface area (Å²) in [6, 6.07) is 13.0. The van der Waals surface area contributed by atoms with Crippen LogP contribution in [0.15, 0.2) is 48.5 Å². The van der Waals surface area contributed by atoms with Crippen molar-refractivity contribution in [1.82, 2.24) is 4.31 Å². The summed E-state index contributed by atoms with van der Waals surface area (Å²) in [5, 5.41) is 2.67. The van der Waals surface area contributed by atoms with Gasteiger partial charge in [0.2, 0.25) is 10.0 Å². The van der Waals surface area contributed by atoms with E-state index in [-0.39, 0.29) is 5.56 Å². The number of piperazine rings is 1. The van der Waals surface area contributed by atoms with Gasteiger partial charge in [-0.25, -0.2) is 12.8 Å². The summed E-state index contributed by atoms with van der Waals surface area (Å²) in [4.78, 5) is 14.2. The third kappa shape index (κ3) is 4.20. The van der Waals surface area contributed by atoms with Crippen LogP contribution in [-0.2, 0) is 10.0 Å². The summed E-state index contributed by atoms with van der Waals surface area (Å²) < 4.78 is 38.2. The summed E-state index contributed by atoms with van der Waals surface area (Å²) >= 11 is 0. The van der Waals surface area contributed by atoms with Crippen LogP contribution in [0.3, 0.4) is 0 Å². The summed E-state index contributed by atoms with van der Waals surface area (Å²) in [6.45, 7) is 2.11. The molecule has 1 aliphatic rings. The summed E-state index contributed by atoms with van der Waals surface area (Å²) in [6.07, 6.45) is 1.22. The molecule has 0 aromatic heterocycles. The zero-order chi connectivity index (χ0) is 18.7. The van der Waals surface area contributed by atoms with Gasteiger partial charge >= 0.3 is 0 Å². The Hall–Kier alpha value is -2.45. The van der Waals surface area contributed by atoms with Crippen molar-refractivity contribution in [3.05, 3.63) is 59.9 Å². The van der Waals surface area contributed by atoms with Gasteiger partial charge in [0.1, 0.15) is 5.82 Å². The van der Waals surface area contributed by atoms with Gasteiger partial charge in [0.05, 0.1) is 11.8 Å². The number of nitrogens with one attached hydrogen (secondary N) is 1. The number of amides is 1. The highest BCUT2D eigenvalue weighted by molar-refractivity contribution is 7.88. The van der Waals surface area contributed by atoms with Gasteiger partial charge in [0, 0.05) is 37.6 Å². The first-order valence-electron chi connectivity index (χ1n) is 8.20. The smallest absolute Gasteiger partial charge is 0.258 e. The van der Waals surface area contributed by atoms with Crippen LogP contribution in [0, 0.1) is 5.82 Å². The molecule has 0 aliphatic carbocycles. The fourth-order valence-corrected chi connectivity index (χ4v) is 3.70. The van der Waals surface area contributed by atoms with Crippen LogP contribution < -0.4 is 10.2 Å². The van der Waals surface area contributed by atoms with E-state index in [0.717, 1.165) is 5.69 Å². The first kappa shape index (κ1) is 18.3. The van der Waals surface area contributed by atoms with Gasteiger partial charge < -0.3 is 10.2 Å². The highest BCUT2D eigenvalue weighted by atomic mass is 32.2. The molecule has 1 fully saturated rings. The van der Waals surface area contributed by atoms with Crippen LogP contribution in [0.1, 0.15) is 10.4 Å². The highest BCUT2D eigenvalue weighted by Gasteiger charge is 2.23. The number of carbonyl (C=O) groups is 1. The van der Waals surface area contributed by atoms with E-state index in [0.29, 0.717) is 31.9 Å². The summed E-state index contributed by atoms with van der Waals surface area (Å²) in [7, 11) is -3.15. The quantitative estimate of drug-likeness (QED) is 0.887. The third-order valence-electron chi connectivity index (χ3n) is 4.32. The number of sulfonamides is 1. The standard InChI is InChI=1S/C18H20FN3O3S/c1-26(24,25)22-12-10-21(11-13-22)15-8-6-14(7-9-15)20-18(23)16-4-2-3-5-17(16)19/h2-9H,10-13H2,1H3,(H,20,23). The highest BCUT2D eigenvalue weighted by Crippen LogP contribution is 2.21. The minimum atomic E-state index is -3.15. The van der Waals surface area contributed by atoms with E-state index in [1.807, 2.05) is 12.1 Å². The molecular formula is C18H20FN3O3S. The topological polar surface area (TPSA) is 69.7 Å². The van der Waals surface area contributed by atoms with Crippen molar-refractivity contribution in [1.29, 1.82) is 0 Å². The molecule has 0 spiro atoms. The molecule has 3 rings (SSSR count). The Bertz CT molecular complexity index is 892. The van der Waals surface area contributed by atoms with E-state index in [1.165, 1.54) is 28.8 Å². The zero-order valence-electron chi connectivity index (χ0n) is 14.4. The average molecular weight is 377 g/mol. The Balaban J connectivity index is 1.63. The lowest BCUT2D eigenvalue weighted by atomic mass is 10.2. The monoisotopic (exact) mass is 377 g/mol. The van der Waals surface area contributed by atoms with E-state index in [1.54, 1.807) is 18.2 Å². The minimum Gasteiger partial charge on any atom is -0.369 e. The number of anilines is 2. The molecule has 0 radical (unpaired) electrons. The fourth-order valence-electron chi connectivity index (χ4n) is 2.88. The molecular weight excluding hydrogens is 357 g/mol. The van der Waals surface area contributed by atoms with Crippen molar-refractivity contribution in [2.45, 2.75) is 0 Å². The molecule has 1 amide bonds. The van der Waals surface area contributed by atoms with E-state index in [4.69, 9.17) is 0 Å². The molecule has 2 aromatic rings. The molecule has 8 heteroatoms. The van der Waals surface area contributed by atoms with Crippen molar-refractivity contribution in [2.24, 2.45) is 0 Å². The molecule has 138 valence electrons. The molecule has 1 N–H and O–H groups in total. The van der Waals surface area contributed by atoms with Crippen molar-refractivity contribution >= 4 is 27.3 Å². The predicted octanol–water partition coefficient (Wildman–Crippen LogP) is 2.16. The number of rotatable bonds is 4. The van der Waals surface area contributed by atoms with E-state index >= 15 is 0 Å². The van der Waals surface area contributed by atoms with Crippen LogP contribution in [-0.4, -0.2) is 51.1 Å². The number of nitrogens with zero attached hydrogens (tertiary/aromatic N) is 2. The Morgan fingerprint density at radius 3 is 2.19 bits per heavy atom. The van der Waals surface area contributed by atoms with E-state index < -0.39 is 21.7 Å². The SMILES string of the molecule is CS(=O)(=O)N1CCN(c2ccc(NC(=O)c3ccccc3F)cc2)CC1. The number of hydrogen-bond donors (Lipinski definition) is 1. The number of benzene rings is 2. The molecule has 0 unspecified atom stereocenters. The Morgan fingerprint density at radius 1 is 1.00 bits per heavy atom. The van der Waals surface area contributed by atoms with E-state index in [2.05, 4.69) is 10.2 Å². The van der Waals surface area contributed by atoms with Gasteiger partial charge in [-0.05, 0) is 36.4 Å². The molecule has 26 heavy (non-hydrogen) atoms. The van der Waals surface area contributed by atoms with E-state index in [9.17, 15) is 17.6 Å². The van der Waals surface area contributed by atoms with Crippen molar-refractivity contribution < 1.29 is 17.6 Å². The first-order valence-corrected chi connectivity index (χ1v) is 10.1. The molecule has 1 heterocycles. The molecule has 1 saturated heterocycles. The molecule has 0 atom stereocenters. The Labute approximate surface area is 152 Å². The van der Waals surface area contributed by atoms with Crippen LogP contribution >= 0.6 is 0 Å². The summed E-state index contributed by atoms with van der Waals surface area (Å²) in [5.41, 5.74) is 1.51. The second-order valence-corrected chi connectivity index (χ2v) is 8.11. The molecule has 0 saturated carbocycles. The van der Waals surface area contributed by atoms with Gasteiger partial charge in [0.15, 0.2) is 0 Å². The van der Waals surface area contributed by atoms with Crippen molar-refractivity contribution in [3.63, 3.8) is 0 Å². The van der Waals surface area contributed by atoms with Gasteiger partial charge in [-0.15, -0.1) is 0 Å². The zero-order valence-corrected chi connectivity index (χ0v) is 15.2. The number of carbonyl (C=O) groups excluding carboxylic acids is 1. The first-order chi connectivity index (χ1) is 12.3. The van der Waals surface area contributed by atoms with Crippen molar-refractivity contribution in [3.8, 4) is 0 Å². The maximum absolute atomic E-state index is 13.7. The Kier molecular flexibility index (Phi) is 5.24. The lowest BCUT2D eigenvalue weighted by molar-refractivity contribution is 0.102. The second kappa shape index (κ2) is 7.43. The van der Waals surface area contributed by atoms with Gasteiger partial charge in [0.25, 0.3) is 5.91 Å². The van der Waals surface area contributed by atoms with Gasteiger partial charge in [-0.1, -0.05) is 12.1 Å². The van der Waals surface area contributed by atoms with Crippen LogP contribution in [0.2, 0.25) is 0 Å². The predicted molar refractivity (Wildman–Crippen MR) is 99.4 cm³/mol. The largest absolute Gasteiger partial charge is 0.369 e. The third-order valence-corrected chi connectivity index (χ3v) is 5.62. The average Bonchev–Trinajstić information content (AvgIpc) is 2.62. The second-order valence-electron chi connectivity index (χ2n) is 6.13. The fraction of sp³-hybridized carbons (Fsp3) is 0.278. The molecule has 6 nitrogen and oxygen atoms in total. The molecule has 1 aliphatic heterocycles. The van der Waals surface area contributed by atoms with Crippen LogP contribution in [0.4, 0.5) is 15.8 Å². The maximum atomic E-state index is 13.7. The van der Waals surface area contributed by atoms with Gasteiger partial charge in [-0.3, -0.25) is 4.79 Å². The lowest BCUT2D eigenvalue weighted by Crippen LogP contribution is -2.48. The van der Waals surface area contributed by atoms with Gasteiger partial charge in [-0.2, -0.15) is 4.31 Å².